The Kier molecular flexibility index (Phi) is 9.21. The van der Waals surface area contributed by atoms with E-state index >= 15 is 0 Å². The van der Waals surface area contributed by atoms with E-state index < -0.39 is 23.8 Å². The zero-order chi connectivity index (χ0) is 28.7. The molecule has 1 heterocycles. The summed E-state index contributed by atoms with van der Waals surface area (Å²) in [6.45, 7) is 0.0150. The zero-order valence-electron chi connectivity index (χ0n) is 22.5. The second kappa shape index (κ2) is 12.8. The summed E-state index contributed by atoms with van der Waals surface area (Å²) in [4.78, 5) is 14.9. The molecule has 1 saturated heterocycles. The van der Waals surface area contributed by atoms with Gasteiger partial charge in [0.15, 0.2) is 0 Å². The average Bonchev–Trinajstić information content (AvgIpc) is 3.26. The number of halogens is 3. The van der Waals surface area contributed by atoms with Crippen molar-refractivity contribution in [2.75, 3.05) is 33.4 Å². The van der Waals surface area contributed by atoms with Crippen molar-refractivity contribution < 1.29 is 36.9 Å². The average molecular weight is 557 g/mol. The summed E-state index contributed by atoms with van der Waals surface area (Å²) in [5, 5.41) is 2.44. The van der Waals surface area contributed by atoms with Gasteiger partial charge in [-0.25, -0.2) is 0 Å². The molecule has 0 saturated carbocycles. The Balaban J connectivity index is 1.60. The van der Waals surface area contributed by atoms with Gasteiger partial charge in [0, 0.05) is 23.7 Å². The van der Waals surface area contributed by atoms with Crippen LogP contribution in [-0.4, -0.2) is 51.1 Å². The van der Waals surface area contributed by atoms with E-state index in [1.807, 2.05) is 24.3 Å². The van der Waals surface area contributed by atoms with Crippen molar-refractivity contribution in [3.8, 4) is 17.2 Å². The van der Waals surface area contributed by atoms with Crippen LogP contribution in [0.3, 0.4) is 0 Å². The number of alkyl halides is 3. The maximum Gasteiger partial charge on any atom is 0.431 e. The number of hydrogen-bond donors (Lipinski definition) is 1. The van der Waals surface area contributed by atoms with E-state index in [1.165, 1.54) is 24.1 Å². The molecule has 3 aromatic rings. The topological polar surface area (TPSA) is 69.3 Å². The Labute approximate surface area is 231 Å². The number of amides is 1. The first-order valence-electron chi connectivity index (χ1n) is 12.6. The summed E-state index contributed by atoms with van der Waals surface area (Å²) in [5.41, 5.74) is 0.466. The molecule has 10 heteroatoms. The van der Waals surface area contributed by atoms with E-state index in [0.717, 1.165) is 11.1 Å². The number of likely N-dealkylation sites (tertiary alicyclic amines) is 1. The number of carbonyl (C=O) groups excluding carboxylic acids is 1. The molecule has 0 aromatic heterocycles. The lowest BCUT2D eigenvalue weighted by Crippen LogP contribution is -2.36. The molecule has 0 radical (unpaired) electrons. The summed E-state index contributed by atoms with van der Waals surface area (Å²) >= 11 is 0. The minimum absolute atomic E-state index is 0.102. The number of anilines is 1. The number of benzene rings is 3. The fourth-order valence-electron chi connectivity index (χ4n) is 4.48. The first-order valence-corrected chi connectivity index (χ1v) is 12.6. The predicted octanol–water partition coefficient (Wildman–Crippen LogP) is 5.96. The lowest BCUT2D eigenvalue weighted by molar-refractivity contribution is -0.133. The molecule has 0 bridgehead atoms. The van der Waals surface area contributed by atoms with E-state index in [1.54, 1.807) is 50.6 Å². The van der Waals surface area contributed by atoms with Gasteiger partial charge in [0.1, 0.15) is 29.7 Å². The van der Waals surface area contributed by atoms with E-state index in [2.05, 4.69) is 5.32 Å². The highest BCUT2D eigenvalue weighted by Gasteiger charge is 2.45. The number of allylic oxidation sites excluding steroid dienone is 1. The van der Waals surface area contributed by atoms with Crippen LogP contribution in [-0.2, 0) is 22.6 Å². The maximum absolute atomic E-state index is 14.3. The van der Waals surface area contributed by atoms with Gasteiger partial charge in [-0.3, -0.25) is 4.79 Å². The molecule has 1 unspecified atom stereocenters. The highest BCUT2D eigenvalue weighted by atomic mass is 19.4. The first-order chi connectivity index (χ1) is 19.2. The zero-order valence-corrected chi connectivity index (χ0v) is 22.5. The maximum atomic E-state index is 14.3. The van der Waals surface area contributed by atoms with Crippen LogP contribution in [0.4, 0.5) is 18.9 Å². The van der Waals surface area contributed by atoms with E-state index in [0.29, 0.717) is 23.7 Å². The van der Waals surface area contributed by atoms with Crippen LogP contribution in [0.25, 0.3) is 0 Å². The molecule has 3 aromatic carbocycles. The molecule has 1 fully saturated rings. The van der Waals surface area contributed by atoms with E-state index in [-0.39, 0.29) is 31.0 Å². The molecule has 1 N–H and O–H groups in total. The van der Waals surface area contributed by atoms with E-state index in [9.17, 15) is 18.0 Å². The molecule has 1 aliphatic rings. The number of carbonyl (C=O) groups is 1. The van der Waals surface area contributed by atoms with Gasteiger partial charge in [-0.1, -0.05) is 24.3 Å². The molecule has 40 heavy (non-hydrogen) atoms. The third kappa shape index (κ3) is 7.06. The van der Waals surface area contributed by atoms with Crippen LogP contribution in [0.15, 0.2) is 84.1 Å². The minimum Gasteiger partial charge on any atom is -0.497 e. The SMILES string of the molecule is COc1ccc(COCN2C(=O)/C(=C(\Nc3ccc(OC)cc3)C(F)(F)F)CC2Cc2ccc(OC)cc2)cc1. The van der Waals surface area contributed by atoms with Crippen LogP contribution >= 0.6 is 0 Å². The molecular weight excluding hydrogens is 525 g/mol. The third-order valence-corrected chi connectivity index (χ3v) is 6.63. The normalized spacial score (nSPS) is 16.6. The van der Waals surface area contributed by atoms with Gasteiger partial charge in [0.2, 0.25) is 0 Å². The van der Waals surface area contributed by atoms with Crippen molar-refractivity contribution >= 4 is 11.6 Å². The van der Waals surface area contributed by atoms with Gasteiger partial charge in [-0.05, 0) is 66.1 Å². The third-order valence-electron chi connectivity index (χ3n) is 6.63. The summed E-state index contributed by atoms with van der Waals surface area (Å²) in [5.74, 6) is 1.14. The number of ether oxygens (including phenoxy) is 4. The summed E-state index contributed by atoms with van der Waals surface area (Å²) in [6.07, 6.45) is -4.54. The second-order valence-corrected chi connectivity index (χ2v) is 9.22. The van der Waals surface area contributed by atoms with Gasteiger partial charge >= 0.3 is 6.18 Å². The first kappa shape index (κ1) is 28.8. The summed E-state index contributed by atoms with van der Waals surface area (Å²) in [6, 6.07) is 19.9. The lowest BCUT2D eigenvalue weighted by Gasteiger charge is -2.24. The Morgan fingerprint density at radius 1 is 0.825 bits per heavy atom. The number of methoxy groups -OCH3 is 3. The summed E-state index contributed by atoms with van der Waals surface area (Å²) < 4.78 is 64.2. The number of hydrogen-bond acceptors (Lipinski definition) is 6. The lowest BCUT2D eigenvalue weighted by atomic mass is 10.0. The van der Waals surface area contributed by atoms with Crippen molar-refractivity contribution in [3.63, 3.8) is 0 Å². The van der Waals surface area contributed by atoms with Gasteiger partial charge in [-0.2, -0.15) is 13.2 Å². The van der Waals surface area contributed by atoms with Crippen molar-refractivity contribution in [1.82, 2.24) is 4.90 Å². The highest BCUT2D eigenvalue weighted by Crippen LogP contribution is 2.37. The van der Waals surface area contributed by atoms with Crippen LogP contribution in [0.1, 0.15) is 17.5 Å². The molecule has 0 spiro atoms. The van der Waals surface area contributed by atoms with Crippen molar-refractivity contribution in [3.05, 3.63) is 95.2 Å². The molecule has 1 atom stereocenters. The van der Waals surface area contributed by atoms with Gasteiger partial charge < -0.3 is 29.2 Å². The molecule has 4 rings (SSSR count). The Morgan fingerprint density at radius 3 is 1.82 bits per heavy atom. The largest absolute Gasteiger partial charge is 0.497 e. The number of rotatable bonds is 11. The molecular formula is C30H31F3N2O5. The standard InChI is InChI=1S/C30H31F3N2O5/c1-37-24-10-4-20(5-11-24)16-23-17-27(28(30(31,32)33)34-22-8-14-26(39-3)15-9-22)29(36)35(23)19-40-18-21-6-12-25(38-2)13-7-21/h4-15,23,34H,16-19H2,1-3H3/b28-27-. The van der Waals surface area contributed by atoms with Crippen molar-refractivity contribution in [2.45, 2.75) is 31.7 Å². The fourth-order valence-corrected chi connectivity index (χ4v) is 4.48. The van der Waals surface area contributed by atoms with E-state index in [4.69, 9.17) is 18.9 Å². The number of nitrogens with one attached hydrogen (secondary N) is 1. The Bertz CT molecular complexity index is 1310. The minimum atomic E-state index is -4.78. The molecule has 212 valence electrons. The quantitative estimate of drug-likeness (QED) is 0.294. The molecule has 7 nitrogen and oxygen atoms in total. The van der Waals surface area contributed by atoms with Crippen molar-refractivity contribution in [1.29, 1.82) is 0 Å². The monoisotopic (exact) mass is 556 g/mol. The van der Waals surface area contributed by atoms with Gasteiger partial charge in [0.25, 0.3) is 5.91 Å². The second-order valence-electron chi connectivity index (χ2n) is 9.22. The Morgan fingerprint density at radius 2 is 1.32 bits per heavy atom. The fraction of sp³-hybridized carbons (Fsp3) is 0.300. The molecule has 1 amide bonds. The van der Waals surface area contributed by atoms with Gasteiger partial charge in [-0.15, -0.1) is 0 Å². The highest BCUT2D eigenvalue weighted by molar-refractivity contribution is 5.97. The smallest absolute Gasteiger partial charge is 0.431 e. The molecule has 1 aliphatic heterocycles. The van der Waals surface area contributed by atoms with Crippen molar-refractivity contribution in [2.24, 2.45) is 0 Å². The van der Waals surface area contributed by atoms with Crippen LogP contribution in [0, 0.1) is 0 Å². The van der Waals surface area contributed by atoms with Gasteiger partial charge in [0.05, 0.1) is 27.9 Å². The van der Waals surface area contributed by atoms with Crippen LogP contribution in [0.2, 0.25) is 0 Å². The summed E-state index contributed by atoms with van der Waals surface area (Å²) in [7, 11) is 4.59. The number of nitrogens with zero attached hydrogens (tertiary/aromatic N) is 1. The Hall–Kier alpha value is -4.18. The molecule has 0 aliphatic carbocycles. The van der Waals surface area contributed by atoms with Crippen LogP contribution < -0.4 is 19.5 Å². The predicted molar refractivity (Wildman–Crippen MR) is 144 cm³/mol. The van der Waals surface area contributed by atoms with Crippen LogP contribution in [0.5, 0.6) is 17.2 Å².